The molecule has 3 rings (SSSR count). The summed E-state index contributed by atoms with van der Waals surface area (Å²) in [6.45, 7) is 1.93. The maximum absolute atomic E-state index is 14.2. The highest BCUT2D eigenvalue weighted by Gasteiger charge is 2.39. The molecule has 124 valence electrons. The molecular formula is C17H21FN2O3. The number of aryl methyl sites for hydroxylation is 1. The fourth-order valence-electron chi connectivity index (χ4n) is 3.48. The molecule has 0 saturated heterocycles. The molecule has 0 bridgehead atoms. The molecule has 1 aromatic carbocycles. The maximum Gasteiger partial charge on any atom is 0.254 e. The highest BCUT2D eigenvalue weighted by molar-refractivity contribution is 5.98. The van der Waals surface area contributed by atoms with Crippen molar-refractivity contribution < 1.29 is 19.1 Å². The van der Waals surface area contributed by atoms with Crippen molar-refractivity contribution >= 4 is 17.5 Å². The Morgan fingerprint density at radius 2 is 2.26 bits per heavy atom. The van der Waals surface area contributed by atoms with E-state index in [-0.39, 0.29) is 29.5 Å². The standard InChI is InChI=1S/C17H21FN2O3/c1-17(9-21)6-2-3-14(17)20-16(23)11-7-10-4-5-15(22)19-13(10)8-12(11)18/h7-8,14,21H,2-6,9H2,1H3,(H,19,22)(H,20,23). The molecule has 1 saturated carbocycles. The molecule has 1 fully saturated rings. The zero-order chi connectivity index (χ0) is 16.6. The quantitative estimate of drug-likeness (QED) is 0.797. The topological polar surface area (TPSA) is 78.4 Å². The van der Waals surface area contributed by atoms with Crippen molar-refractivity contribution in [2.75, 3.05) is 11.9 Å². The summed E-state index contributed by atoms with van der Waals surface area (Å²) in [6, 6.07) is 2.57. The number of aliphatic hydroxyl groups is 1. The van der Waals surface area contributed by atoms with E-state index in [0.29, 0.717) is 18.5 Å². The summed E-state index contributed by atoms with van der Waals surface area (Å²) in [4.78, 5) is 23.8. The molecule has 2 unspecified atom stereocenters. The third-order valence-corrected chi connectivity index (χ3v) is 5.08. The lowest BCUT2D eigenvalue weighted by Gasteiger charge is -2.30. The number of rotatable bonds is 3. The van der Waals surface area contributed by atoms with Crippen molar-refractivity contribution in [1.82, 2.24) is 5.32 Å². The summed E-state index contributed by atoms with van der Waals surface area (Å²) in [7, 11) is 0. The van der Waals surface area contributed by atoms with Crippen LogP contribution in [0.1, 0.15) is 48.5 Å². The van der Waals surface area contributed by atoms with Crippen LogP contribution in [0.2, 0.25) is 0 Å². The fraction of sp³-hybridized carbons (Fsp3) is 0.529. The molecule has 1 aromatic rings. The first-order chi connectivity index (χ1) is 10.9. The number of nitrogens with one attached hydrogen (secondary N) is 2. The van der Waals surface area contributed by atoms with E-state index >= 15 is 0 Å². The zero-order valence-electron chi connectivity index (χ0n) is 13.1. The molecule has 1 heterocycles. The third-order valence-electron chi connectivity index (χ3n) is 5.08. The Hall–Kier alpha value is -1.95. The van der Waals surface area contributed by atoms with Gasteiger partial charge in [-0.1, -0.05) is 13.3 Å². The SMILES string of the molecule is CC1(CO)CCCC1NC(=O)c1cc2c(cc1F)NC(=O)CC2. The number of halogens is 1. The van der Waals surface area contributed by atoms with E-state index in [1.54, 1.807) is 0 Å². The van der Waals surface area contributed by atoms with Crippen molar-refractivity contribution in [2.45, 2.75) is 45.1 Å². The second kappa shape index (κ2) is 5.92. The molecule has 5 nitrogen and oxygen atoms in total. The Labute approximate surface area is 134 Å². The van der Waals surface area contributed by atoms with Gasteiger partial charge in [-0.25, -0.2) is 4.39 Å². The lowest BCUT2D eigenvalue weighted by Crippen LogP contribution is -2.45. The molecule has 0 aromatic heterocycles. The number of hydrogen-bond donors (Lipinski definition) is 3. The fourth-order valence-corrected chi connectivity index (χ4v) is 3.48. The first kappa shape index (κ1) is 15.9. The second-order valence-electron chi connectivity index (χ2n) is 6.77. The molecule has 23 heavy (non-hydrogen) atoms. The summed E-state index contributed by atoms with van der Waals surface area (Å²) >= 11 is 0. The normalized spacial score (nSPS) is 26.6. The average molecular weight is 320 g/mol. The molecule has 2 atom stereocenters. The van der Waals surface area contributed by atoms with E-state index in [2.05, 4.69) is 10.6 Å². The summed E-state index contributed by atoms with van der Waals surface area (Å²) in [5.41, 5.74) is 0.852. The van der Waals surface area contributed by atoms with Gasteiger partial charge >= 0.3 is 0 Å². The van der Waals surface area contributed by atoms with E-state index in [1.807, 2.05) is 6.92 Å². The lowest BCUT2D eigenvalue weighted by molar-refractivity contribution is -0.116. The molecule has 2 aliphatic rings. The van der Waals surface area contributed by atoms with Crippen LogP contribution in [0.3, 0.4) is 0 Å². The van der Waals surface area contributed by atoms with Crippen LogP contribution in [0, 0.1) is 11.2 Å². The van der Waals surface area contributed by atoms with Crippen molar-refractivity contribution in [2.24, 2.45) is 5.41 Å². The smallest absolute Gasteiger partial charge is 0.254 e. The van der Waals surface area contributed by atoms with E-state index < -0.39 is 11.7 Å². The van der Waals surface area contributed by atoms with Crippen LogP contribution in [-0.4, -0.2) is 29.6 Å². The number of fused-ring (bicyclic) bond motifs is 1. The largest absolute Gasteiger partial charge is 0.396 e. The van der Waals surface area contributed by atoms with Crippen molar-refractivity contribution in [3.63, 3.8) is 0 Å². The van der Waals surface area contributed by atoms with Crippen molar-refractivity contribution in [1.29, 1.82) is 0 Å². The summed E-state index contributed by atoms with van der Waals surface area (Å²) in [5, 5.41) is 15.0. The van der Waals surface area contributed by atoms with Gasteiger partial charge in [0.05, 0.1) is 12.2 Å². The zero-order valence-corrected chi connectivity index (χ0v) is 13.1. The molecule has 1 aliphatic carbocycles. The first-order valence-electron chi connectivity index (χ1n) is 7.97. The number of amides is 2. The second-order valence-corrected chi connectivity index (χ2v) is 6.77. The maximum atomic E-state index is 14.2. The van der Waals surface area contributed by atoms with Gasteiger partial charge in [0.2, 0.25) is 5.91 Å². The lowest BCUT2D eigenvalue weighted by atomic mass is 9.85. The van der Waals surface area contributed by atoms with Gasteiger partial charge in [-0.3, -0.25) is 9.59 Å². The molecule has 6 heteroatoms. The highest BCUT2D eigenvalue weighted by atomic mass is 19.1. The van der Waals surface area contributed by atoms with Gasteiger partial charge in [-0.05, 0) is 37.0 Å². The van der Waals surface area contributed by atoms with Crippen LogP contribution >= 0.6 is 0 Å². The molecule has 1 aliphatic heterocycles. The minimum Gasteiger partial charge on any atom is -0.396 e. The Balaban J connectivity index is 1.81. The molecule has 3 N–H and O–H groups in total. The molecular weight excluding hydrogens is 299 g/mol. The average Bonchev–Trinajstić information content (AvgIpc) is 2.88. The third kappa shape index (κ3) is 2.95. The Morgan fingerprint density at radius 3 is 3.00 bits per heavy atom. The number of hydrogen-bond acceptors (Lipinski definition) is 3. The number of anilines is 1. The predicted octanol–water partition coefficient (Wildman–Crippen LogP) is 1.99. The number of carbonyl (C=O) groups excluding carboxylic acids is 2. The van der Waals surface area contributed by atoms with Crippen LogP contribution in [0.5, 0.6) is 0 Å². The Morgan fingerprint density at radius 1 is 1.48 bits per heavy atom. The van der Waals surface area contributed by atoms with Gasteiger partial charge in [0, 0.05) is 23.6 Å². The van der Waals surface area contributed by atoms with E-state index in [4.69, 9.17) is 0 Å². The predicted molar refractivity (Wildman–Crippen MR) is 83.6 cm³/mol. The van der Waals surface area contributed by atoms with Crippen LogP contribution < -0.4 is 10.6 Å². The minimum absolute atomic E-state index is 0.00333. The monoisotopic (exact) mass is 320 g/mol. The summed E-state index contributed by atoms with van der Waals surface area (Å²) < 4.78 is 14.2. The van der Waals surface area contributed by atoms with Crippen LogP contribution in [0.15, 0.2) is 12.1 Å². The van der Waals surface area contributed by atoms with Crippen molar-refractivity contribution in [3.8, 4) is 0 Å². The summed E-state index contributed by atoms with van der Waals surface area (Å²) in [6.07, 6.45) is 3.39. The van der Waals surface area contributed by atoms with Crippen LogP contribution in [0.4, 0.5) is 10.1 Å². The Kier molecular flexibility index (Phi) is 4.10. The molecule has 0 radical (unpaired) electrons. The highest BCUT2D eigenvalue weighted by Crippen LogP contribution is 2.37. The summed E-state index contributed by atoms with van der Waals surface area (Å²) in [5.74, 6) is -1.25. The van der Waals surface area contributed by atoms with Gasteiger partial charge in [0.15, 0.2) is 0 Å². The van der Waals surface area contributed by atoms with E-state index in [9.17, 15) is 19.1 Å². The molecule has 2 amide bonds. The van der Waals surface area contributed by atoms with Gasteiger partial charge < -0.3 is 15.7 Å². The van der Waals surface area contributed by atoms with Gasteiger partial charge in [0.25, 0.3) is 5.91 Å². The van der Waals surface area contributed by atoms with Gasteiger partial charge in [-0.2, -0.15) is 0 Å². The van der Waals surface area contributed by atoms with E-state index in [0.717, 1.165) is 24.8 Å². The van der Waals surface area contributed by atoms with Crippen LogP contribution in [-0.2, 0) is 11.2 Å². The van der Waals surface area contributed by atoms with Gasteiger partial charge in [-0.15, -0.1) is 0 Å². The van der Waals surface area contributed by atoms with Gasteiger partial charge in [0.1, 0.15) is 5.82 Å². The first-order valence-corrected chi connectivity index (χ1v) is 7.97. The minimum atomic E-state index is -0.646. The van der Waals surface area contributed by atoms with Crippen molar-refractivity contribution in [3.05, 3.63) is 29.1 Å². The number of benzene rings is 1. The Bertz CT molecular complexity index is 661. The van der Waals surface area contributed by atoms with Crippen LogP contribution in [0.25, 0.3) is 0 Å². The molecule has 0 spiro atoms. The number of carbonyl (C=O) groups is 2. The number of aliphatic hydroxyl groups excluding tert-OH is 1. The van der Waals surface area contributed by atoms with E-state index in [1.165, 1.54) is 12.1 Å².